The molecular formula is C14H27N3O3. The van der Waals surface area contributed by atoms with Gasteiger partial charge in [-0.3, -0.25) is 14.5 Å². The second-order valence-electron chi connectivity index (χ2n) is 5.09. The molecule has 6 heteroatoms. The molecule has 1 rings (SSSR count). The van der Waals surface area contributed by atoms with E-state index < -0.39 is 0 Å². The summed E-state index contributed by atoms with van der Waals surface area (Å²) in [4.78, 5) is 26.0. The summed E-state index contributed by atoms with van der Waals surface area (Å²) in [6, 6.07) is -0.236. The van der Waals surface area contributed by atoms with Gasteiger partial charge in [0.2, 0.25) is 5.91 Å². The van der Waals surface area contributed by atoms with Gasteiger partial charge in [0.1, 0.15) is 6.04 Å². The quantitative estimate of drug-likeness (QED) is 0.649. The molecule has 1 saturated heterocycles. The molecule has 0 saturated carbocycles. The third-order valence-corrected chi connectivity index (χ3v) is 3.65. The molecule has 0 aromatic heterocycles. The van der Waals surface area contributed by atoms with E-state index >= 15 is 0 Å². The Morgan fingerprint density at radius 1 is 1.45 bits per heavy atom. The van der Waals surface area contributed by atoms with Crippen LogP contribution < -0.4 is 11.1 Å². The first-order valence-electron chi connectivity index (χ1n) is 7.52. The van der Waals surface area contributed by atoms with Crippen LogP contribution in [0.5, 0.6) is 0 Å². The van der Waals surface area contributed by atoms with Crippen LogP contribution in [0, 0.1) is 5.92 Å². The van der Waals surface area contributed by atoms with E-state index in [0.29, 0.717) is 32.7 Å². The van der Waals surface area contributed by atoms with Crippen LogP contribution in [0.25, 0.3) is 0 Å². The van der Waals surface area contributed by atoms with Gasteiger partial charge in [-0.25, -0.2) is 0 Å². The van der Waals surface area contributed by atoms with Crippen molar-refractivity contribution in [3.63, 3.8) is 0 Å². The van der Waals surface area contributed by atoms with Gasteiger partial charge in [-0.2, -0.15) is 0 Å². The van der Waals surface area contributed by atoms with E-state index in [9.17, 15) is 9.59 Å². The first-order chi connectivity index (χ1) is 9.63. The maximum Gasteiger partial charge on any atom is 0.323 e. The molecule has 20 heavy (non-hydrogen) atoms. The average molecular weight is 285 g/mol. The van der Waals surface area contributed by atoms with Crippen LogP contribution in [-0.4, -0.2) is 55.6 Å². The van der Waals surface area contributed by atoms with Crippen molar-refractivity contribution in [2.75, 3.05) is 32.8 Å². The van der Waals surface area contributed by atoms with Gasteiger partial charge >= 0.3 is 5.97 Å². The molecule has 0 spiro atoms. The van der Waals surface area contributed by atoms with Crippen LogP contribution in [0.3, 0.4) is 0 Å². The highest BCUT2D eigenvalue weighted by molar-refractivity contribution is 5.79. The molecule has 116 valence electrons. The predicted octanol–water partition coefficient (Wildman–Crippen LogP) is 0.115. The Bertz CT molecular complexity index is 323. The molecular weight excluding hydrogens is 258 g/mol. The molecule has 2 atom stereocenters. The lowest BCUT2D eigenvalue weighted by molar-refractivity contribution is -0.151. The van der Waals surface area contributed by atoms with Crippen molar-refractivity contribution in [2.45, 2.75) is 39.2 Å². The molecule has 1 fully saturated rings. The molecule has 0 aliphatic carbocycles. The number of carbonyl (C=O) groups is 2. The Morgan fingerprint density at radius 2 is 2.20 bits per heavy atom. The lowest BCUT2D eigenvalue weighted by Gasteiger charge is -2.36. The van der Waals surface area contributed by atoms with E-state index in [1.54, 1.807) is 0 Å². The molecule has 1 amide bonds. The Balaban J connectivity index is 2.57. The lowest BCUT2D eigenvalue weighted by Crippen LogP contribution is -2.50. The van der Waals surface area contributed by atoms with Gasteiger partial charge in [0.05, 0.1) is 12.5 Å². The van der Waals surface area contributed by atoms with Gasteiger partial charge in [0, 0.05) is 19.6 Å². The first kappa shape index (κ1) is 16.9. The Kier molecular flexibility index (Phi) is 7.54. The number of esters is 1. The first-order valence-corrected chi connectivity index (χ1v) is 7.52. The summed E-state index contributed by atoms with van der Waals surface area (Å²) in [6.45, 7) is 6.59. The van der Waals surface area contributed by atoms with Crippen molar-refractivity contribution in [3.05, 3.63) is 0 Å². The molecule has 1 heterocycles. The minimum Gasteiger partial charge on any atom is -0.465 e. The standard InChI is InChI=1S/C14H27N3O3/c1-3-12(14(19)20-4-2)17-9-5-6-11(10-17)13(18)16-8-7-15/h11-12H,3-10,15H2,1-2H3,(H,16,18). The summed E-state index contributed by atoms with van der Waals surface area (Å²) < 4.78 is 5.11. The molecule has 0 aromatic rings. The van der Waals surface area contributed by atoms with E-state index in [-0.39, 0.29) is 23.8 Å². The Hall–Kier alpha value is -1.14. The highest BCUT2D eigenvalue weighted by Crippen LogP contribution is 2.20. The van der Waals surface area contributed by atoms with E-state index in [0.717, 1.165) is 19.4 Å². The zero-order valence-corrected chi connectivity index (χ0v) is 12.6. The SMILES string of the molecule is CCOC(=O)C(CC)N1CCCC(C(=O)NCCN)C1. The summed E-state index contributed by atoms with van der Waals surface area (Å²) in [7, 11) is 0. The second-order valence-corrected chi connectivity index (χ2v) is 5.09. The Morgan fingerprint density at radius 3 is 2.80 bits per heavy atom. The largest absolute Gasteiger partial charge is 0.465 e. The van der Waals surface area contributed by atoms with Crippen molar-refractivity contribution >= 4 is 11.9 Å². The monoisotopic (exact) mass is 285 g/mol. The van der Waals surface area contributed by atoms with E-state index in [1.807, 2.05) is 13.8 Å². The number of amides is 1. The van der Waals surface area contributed by atoms with E-state index in [2.05, 4.69) is 10.2 Å². The average Bonchev–Trinajstić information content (AvgIpc) is 2.46. The second kappa shape index (κ2) is 8.92. The number of nitrogens with zero attached hydrogens (tertiary/aromatic N) is 1. The van der Waals surface area contributed by atoms with Crippen molar-refractivity contribution in [1.29, 1.82) is 0 Å². The number of hydrogen-bond donors (Lipinski definition) is 2. The summed E-state index contributed by atoms with van der Waals surface area (Å²) in [5.74, 6) is -0.198. The smallest absolute Gasteiger partial charge is 0.323 e. The zero-order chi connectivity index (χ0) is 15.0. The Labute approximate surface area is 121 Å². The molecule has 1 aliphatic heterocycles. The number of ether oxygens (including phenoxy) is 1. The molecule has 0 bridgehead atoms. The highest BCUT2D eigenvalue weighted by atomic mass is 16.5. The molecule has 3 N–H and O–H groups in total. The van der Waals surface area contributed by atoms with Gasteiger partial charge in [0.25, 0.3) is 0 Å². The fourth-order valence-corrected chi connectivity index (χ4v) is 2.66. The number of nitrogens with one attached hydrogen (secondary N) is 1. The number of piperidine rings is 1. The van der Waals surface area contributed by atoms with Gasteiger partial charge in [0.15, 0.2) is 0 Å². The normalized spacial score (nSPS) is 21.2. The van der Waals surface area contributed by atoms with Gasteiger partial charge in [-0.1, -0.05) is 6.92 Å². The summed E-state index contributed by atoms with van der Waals surface area (Å²) in [5, 5.41) is 2.83. The minimum absolute atomic E-state index is 0.0406. The van der Waals surface area contributed by atoms with Crippen LogP contribution >= 0.6 is 0 Å². The van der Waals surface area contributed by atoms with Crippen molar-refractivity contribution in [1.82, 2.24) is 10.2 Å². The van der Waals surface area contributed by atoms with Gasteiger partial charge in [-0.15, -0.1) is 0 Å². The van der Waals surface area contributed by atoms with Crippen LogP contribution in [0.4, 0.5) is 0 Å². The van der Waals surface area contributed by atoms with E-state index in [1.165, 1.54) is 0 Å². The maximum absolute atomic E-state index is 12.0. The van der Waals surface area contributed by atoms with Crippen molar-refractivity contribution < 1.29 is 14.3 Å². The predicted molar refractivity (Wildman–Crippen MR) is 77.1 cm³/mol. The van der Waals surface area contributed by atoms with Crippen LogP contribution in [0.1, 0.15) is 33.1 Å². The summed E-state index contributed by atoms with van der Waals surface area (Å²) in [6.07, 6.45) is 2.50. The minimum atomic E-state index is -0.236. The van der Waals surface area contributed by atoms with E-state index in [4.69, 9.17) is 10.5 Å². The molecule has 0 radical (unpaired) electrons. The number of hydrogen-bond acceptors (Lipinski definition) is 5. The third kappa shape index (κ3) is 4.76. The fourth-order valence-electron chi connectivity index (χ4n) is 2.66. The summed E-state index contributed by atoms with van der Waals surface area (Å²) in [5.41, 5.74) is 5.39. The number of nitrogens with two attached hydrogens (primary N) is 1. The van der Waals surface area contributed by atoms with Crippen LogP contribution in [-0.2, 0) is 14.3 Å². The van der Waals surface area contributed by atoms with Crippen molar-refractivity contribution in [2.24, 2.45) is 11.7 Å². The fraction of sp³-hybridized carbons (Fsp3) is 0.857. The van der Waals surface area contributed by atoms with Crippen LogP contribution in [0.15, 0.2) is 0 Å². The zero-order valence-electron chi connectivity index (χ0n) is 12.6. The van der Waals surface area contributed by atoms with Crippen LogP contribution in [0.2, 0.25) is 0 Å². The molecule has 1 aliphatic rings. The lowest BCUT2D eigenvalue weighted by atomic mass is 9.95. The number of carbonyl (C=O) groups excluding carboxylic acids is 2. The topological polar surface area (TPSA) is 84.7 Å². The molecule has 6 nitrogen and oxygen atoms in total. The number of likely N-dealkylation sites (tertiary alicyclic amines) is 1. The third-order valence-electron chi connectivity index (χ3n) is 3.65. The maximum atomic E-state index is 12.0. The molecule has 2 unspecified atom stereocenters. The van der Waals surface area contributed by atoms with Gasteiger partial charge in [-0.05, 0) is 32.7 Å². The highest BCUT2D eigenvalue weighted by Gasteiger charge is 2.32. The van der Waals surface area contributed by atoms with Gasteiger partial charge < -0.3 is 15.8 Å². The molecule has 0 aromatic carbocycles. The van der Waals surface area contributed by atoms with Crippen molar-refractivity contribution in [3.8, 4) is 0 Å². The summed E-state index contributed by atoms with van der Waals surface area (Å²) >= 11 is 0. The number of rotatable bonds is 7.